The van der Waals surface area contributed by atoms with Crippen molar-refractivity contribution in [2.24, 2.45) is 0 Å². The molecular weight excluding hydrogens is 394 g/mol. The van der Waals surface area contributed by atoms with E-state index in [4.69, 9.17) is 4.52 Å². The molecule has 1 saturated heterocycles. The normalized spacial score (nSPS) is 14.6. The minimum Gasteiger partial charge on any atom is -0.338 e. The lowest BCUT2D eigenvalue weighted by molar-refractivity contribution is 0.0609. The van der Waals surface area contributed by atoms with Gasteiger partial charge in [0.05, 0.1) is 18.4 Å². The lowest BCUT2D eigenvalue weighted by Crippen LogP contribution is -2.48. The number of amides is 1. The molecule has 4 aromatic rings. The molecule has 2 aromatic heterocycles. The van der Waals surface area contributed by atoms with Gasteiger partial charge in [-0.2, -0.15) is 4.98 Å². The van der Waals surface area contributed by atoms with Gasteiger partial charge in [-0.15, -0.1) is 5.10 Å². The zero-order valence-corrected chi connectivity index (χ0v) is 16.8. The Kier molecular flexibility index (Phi) is 5.24. The highest BCUT2D eigenvalue weighted by Crippen LogP contribution is 2.16. The maximum atomic E-state index is 12.8. The Bertz CT molecular complexity index is 1150. The van der Waals surface area contributed by atoms with E-state index in [1.54, 1.807) is 15.8 Å². The molecule has 1 aliphatic heterocycles. The van der Waals surface area contributed by atoms with Gasteiger partial charge in [0.2, 0.25) is 11.7 Å². The van der Waals surface area contributed by atoms with Crippen molar-refractivity contribution in [1.82, 2.24) is 34.9 Å². The minimum atomic E-state index is -0.106. The maximum Gasteiger partial charge on any atom is 0.276 e. The highest BCUT2D eigenvalue weighted by atomic mass is 16.5. The monoisotopic (exact) mass is 415 g/mol. The van der Waals surface area contributed by atoms with E-state index >= 15 is 0 Å². The molecule has 9 heteroatoms. The van der Waals surface area contributed by atoms with Crippen molar-refractivity contribution in [2.75, 3.05) is 26.2 Å². The molecule has 0 radical (unpaired) electrons. The predicted octanol–water partition coefficient (Wildman–Crippen LogP) is 2.28. The molecule has 9 nitrogen and oxygen atoms in total. The number of nitrogens with zero attached hydrogens (tertiary/aromatic N) is 7. The molecule has 0 unspecified atom stereocenters. The van der Waals surface area contributed by atoms with Gasteiger partial charge >= 0.3 is 0 Å². The van der Waals surface area contributed by atoms with Crippen molar-refractivity contribution in [3.05, 3.63) is 78.4 Å². The largest absolute Gasteiger partial charge is 0.338 e. The van der Waals surface area contributed by atoms with Crippen LogP contribution >= 0.6 is 0 Å². The van der Waals surface area contributed by atoms with Crippen LogP contribution in [0.3, 0.4) is 0 Å². The van der Waals surface area contributed by atoms with Crippen molar-refractivity contribution in [3.8, 4) is 17.1 Å². The number of rotatable bonds is 5. The van der Waals surface area contributed by atoms with E-state index < -0.39 is 0 Å². The van der Waals surface area contributed by atoms with E-state index in [0.717, 1.165) is 24.3 Å². The minimum absolute atomic E-state index is 0.106. The lowest BCUT2D eigenvalue weighted by atomic mass is 10.2. The predicted molar refractivity (Wildman–Crippen MR) is 112 cm³/mol. The molecule has 0 N–H and O–H groups in total. The molecule has 1 aliphatic rings. The summed E-state index contributed by atoms with van der Waals surface area (Å²) >= 11 is 0. The number of carbonyl (C=O) groups excluding carboxylic acids is 1. The van der Waals surface area contributed by atoms with Crippen molar-refractivity contribution in [3.63, 3.8) is 0 Å². The first-order valence-corrected chi connectivity index (χ1v) is 10.1. The number of para-hydroxylation sites is 1. The summed E-state index contributed by atoms with van der Waals surface area (Å²) in [5, 5.41) is 12.2. The SMILES string of the molecule is O=C(c1cn(-c2ccccc2)nn1)N1CCN(Cc2nc(-c3ccccc3)no2)CC1. The van der Waals surface area contributed by atoms with Gasteiger partial charge in [-0.1, -0.05) is 58.9 Å². The van der Waals surface area contributed by atoms with E-state index in [0.29, 0.717) is 37.0 Å². The fourth-order valence-electron chi connectivity index (χ4n) is 3.55. The van der Waals surface area contributed by atoms with Crippen molar-refractivity contribution >= 4 is 5.91 Å². The van der Waals surface area contributed by atoms with E-state index in [1.165, 1.54) is 0 Å². The topological polar surface area (TPSA) is 93.2 Å². The molecule has 0 atom stereocenters. The third-order valence-electron chi connectivity index (χ3n) is 5.25. The highest BCUT2D eigenvalue weighted by Gasteiger charge is 2.25. The number of benzene rings is 2. The van der Waals surface area contributed by atoms with Gasteiger partial charge in [-0.25, -0.2) is 4.68 Å². The fourth-order valence-corrected chi connectivity index (χ4v) is 3.55. The van der Waals surface area contributed by atoms with Gasteiger partial charge in [0.25, 0.3) is 5.91 Å². The zero-order chi connectivity index (χ0) is 21.0. The van der Waals surface area contributed by atoms with Crippen LogP contribution in [0.5, 0.6) is 0 Å². The summed E-state index contributed by atoms with van der Waals surface area (Å²) in [6.07, 6.45) is 1.67. The summed E-state index contributed by atoms with van der Waals surface area (Å²) in [6.45, 7) is 3.22. The summed E-state index contributed by atoms with van der Waals surface area (Å²) < 4.78 is 7.02. The Labute approximate surface area is 178 Å². The number of piperazine rings is 1. The van der Waals surface area contributed by atoms with Crippen LogP contribution in [0.25, 0.3) is 17.1 Å². The van der Waals surface area contributed by atoms with Crippen LogP contribution in [0.4, 0.5) is 0 Å². The third-order valence-corrected chi connectivity index (χ3v) is 5.25. The summed E-state index contributed by atoms with van der Waals surface area (Å²) in [5.74, 6) is 1.06. The maximum absolute atomic E-state index is 12.8. The van der Waals surface area contributed by atoms with E-state index in [9.17, 15) is 4.79 Å². The van der Waals surface area contributed by atoms with Crippen LogP contribution in [0.15, 0.2) is 71.4 Å². The van der Waals surface area contributed by atoms with Gasteiger partial charge < -0.3 is 9.42 Å². The molecule has 0 spiro atoms. The lowest BCUT2D eigenvalue weighted by Gasteiger charge is -2.33. The first-order valence-electron chi connectivity index (χ1n) is 10.1. The molecule has 0 bridgehead atoms. The van der Waals surface area contributed by atoms with Crippen molar-refractivity contribution in [1.29, 1.82) is 0 Å². The fraction of sp³-hybridized carbons (Fsp3) is 0.227. The first-order chi connectivity index (χ1) is 15.3. The van der Waals surface area contributed by atoms with Crippen LogP contribution in [0.1, 0.15) is 16.4 Å². The molecule has 1 amide bonds. The smallest absolute Gasteiger partial charge is 0.276 e. The van der Waals surface area contributed by atoms with Gasteiger partial charge in [0.15, 0.2) is 5.69 Å². The highest BCUT2D eigenvalue weighted by molar-refractivity contribution is 5.92. The molecule has 0 aliphatic carbocycles. The Morgan fingerprint density at radius 1 is 0.935 bits per heavy atom. The van der Waals surface area contributed by atoms with Gasteiger partial charge in [-0.3, -0.25) is 9.69 Å². The summed E-state index contributed by atoms with van der Waals surface area (Å²) in [4.78, 5) is 21.3. The number of hydrogen-bond donors (Lipinski definition) is 0. The standard InChI is InChI=1S/C22H21N7O2/c30-22(19-15-29(26-24-19)18-9-5-2-6-10-18)28-13-11-27(12-14-28)16-20-23-21(25-31-20)17-7-3-1-4-8-17/h1-10,15H,11-14,16H2. The van der Waals surface area contributed by atoms with Crippen LogP contribution in [-0.2, 0) is 6.54 Å². The number of carbonyl (C=O) groups is 1. The van der Waals surface area contributed by atoms with Gasteiger partial charge in [0, 0.05) is 31.7 Å². The van der Waals surface area contributed by atoms with Crippen LogP contribution in [0.2, 0.25) is 0 Å². The van der Waals surface area contributed by atoms with Crippen molar-refractivity contribution < 1.29 is 9.32 Å². The quantitative estimate of drug-likeness (QED) is 0.494. The van der Waals surface area contributed by atoms with Crippen LogP contribution < -0.4 is 0 Å². The average molecular weight is 415 g/mol. The Hall–Kier alpha value is -3.85. The molecule has 2 aromatic carbocycles. The number of aromatic nitrogens is 5. The van der Waals surface area contributed by atoms with E-state index in [2.05, 4.69) is 25.4 Å². The van der Waals surface area contributed by atoms with Gasteiger partial charge in [0.1, 0.15) is 0 Å². The Balaban J connectivity index is 1.17. The third kappa shape index (κ3) is 4.22. The average Bonchev–Trinajstić information content (AvgIpc) is 3.51. The second-order valence-corrected chi connectivity index (χ2v) is 7.33. The molecule has 31 heavy (non-hydrogen) atoms. The molecule has 3 heterocycles. The molecule has 1 fully saturated rings. The molecule has 156 valence electrons. The van der Waals surface area contributed by atoms with E-state index in [1.807, 2.05) is 60.7 Å². The van der Waals surface area contributed by atoms with Crippen LogP contribution in [-0.4, -0.2) is 67.0 Å². The van der Waals surface area contributed by atoms with Crippen LogP contribution in [0, 0.1) is 0 Å². The second-order valence-electron chi connectivity index (χ2n) is 7.33. The Morgan fingerprint density at radius 2 is 1.65 bits per heavy atom. The zero-order valence-electron chi connectivity index (χ0n) is 16.8. The van der Waals surface area contributed by atoms with Gasteiger partial charge in [-0.05, 0) is 12.1 Å². The molecular formula is C22H21N7O2. The van der Waals surface area contributed by atoms with E-state index in [-0.39, 0.29) is 5.91 Å². The van der Waals surface area contributed by atoms with Crippen molar-refractivity contribution in [2.45, 2.75) is 6.54 Å². The molecule has 5 rings (SSSR count). The number of hydrogen-bond acceptors (Lipinski definition) is 7. The summed E-state index contributed by atoms with van der Waals surface area (Å²) in [6, 6.07) is 19.4. The molecule has 0 saturated carbocycles. The Morgan fingerprint density at radius 3 is 2.39 bits per heavy atom. The summed E-state index contributed by atoms with van der Waals surface area (Å²) in [7, 11) is 0. The summed E-state index contributed by atoms with van der Waals surface area (Å²) in [5.41, 5.74) is 2.14. The first kappa shape index (κ1) is 19.1. The second kappa shape index (κ2) is 8.49.